The van der Waals surface area contributed by atoms with Crippen molar-refractivity contribution in [3.8, 4) is 11.5 Å². The number of fused-ring (bicyclic) bond motifs is 1. The summed E-state index contributed by atoms with van der Waals surface area (Å²) in [5, 5.41) is 6.89. The summed E-state index contributed by atoms with van der Waals surface area (Å²) in [5.74, 6) is 0.979. The number of nitrogens with zero attached hydrogens (tertiary/aromatic N) is 4. The topological polar surface area (TPSA) is 90.9 Å². The Balaban J connectivity index is 0.000000604. The molecule has 1 atom stereocenters. The molecule has 0 radical (unpaired) electrons. The van der Waals surface area contributed by atoms with Gasteiger partial charge in [-0.1, -0.05) is 6.07 Å². The van der Waals surface area contributed by atoms with Crippen LogP contribution >= 0.6 is 0 Å². The van der Waals surface area contributed by atoms with Gasteiger partial charge in [0.05, 0.1) is 11.8 Å². The first-order valence-corrected chi connectivity index (χ1v) is 9.51. The molecule has 0 bridgehead atoms. The lowest BCUT2D eigenvalue weighted by atomic mass is 9.84. The van der Waals surface area contributed by atoms with Crippen LogP contribution in [0.15, 0.2) is 43.0 Å². The highest BCUT2D eigenvalue weighted by Crippen LogP contribution is 2.40. The van der Waals surface area contributed by atoms with Crippen molar-refractivity contribution in [3.05, 3.63) is 43.0 Å². The van der Waals surface area contributed by atoms with E-state index in [2.05, 4.69) is 25.1 Å². The standard InChI is InChI=1S/C19H22N4O2.CH2O2/c1-2-8-23-16(14-21-17(23)3-1)18-20-7-9-22(18)15-4-10-25-19(13-15)5-11-24-12-6-19;2-1-3/h1-3,7-9,14-15H,4-6,10-13H2;1H,(H,2,3). The molecule has 5 heterocycles. The van der Waals surface area contributed by atoms with Gasteiger partial charge in [0.2, 0.25) is 0 Å². The number of rotatable bonds is 2. The highest BCUT2D eigenvalue weighted by atomic mass is 16.5. The second-order valence-electron chi connectivity index (χ2n) is 7.13. The van der Waals surface area contributed by atoms with Crippen molar-refractivity contribution in [1.29, 1.82) is 0 Å². The minimum Gasteiger partial charge on any atom is -0.483 e. The predicted molar refractivity (Wildman–Crippen MR) is 102 cm³/mol. The monoisotopic (exact) mass is 384 g/mol. The molecule has 2 fully saturated rings. The first-order valence-electron chi connectivity index (χ1n) is 9.51. The first kappa shape index (κ1) is 18.6. The summed E-state index contributed by atoms with van der Waals surface area (Å²) in [7, 11) is 0. The van der Waals surface area contributed by atoms with Crippen LogP contribution in [0, 0.1) is 0 Å². The molecule has 1 spiro atoms. The summed E-state index contributed by atoms with van der Waals surface area (Å²) in [5.41, 5.74) is 1.95. The Morgan fingerprint density at radius 1 is 1.18 bits per heavy atom. The third kappa shape index (κ3) is 3.53. The van der Waals surface area contributed by atoms with E-state index in [1.807, 2.05) is 36.8 Å². The Hall–Kier alpha value is -2.71. The zero-order valence-corrected chi connectivity index (χ0v) is 15.6. The zero-order valence-electron chi connectivity index (χ0n) is 15.6. The van der Waals surface area contributed by atoms with Gasteiger partial charge in [-0.25, -0.2) is 9.97 Å². The van der Waals surface area contributed by atoms with E-state index in [1.165, 1.54) is 0 Å². The fourth-order valence-electron chi connectivity index (χ4n) is 4.24. The van der Waals surface area contributed by atoms with Gasteiger partial charge < -0.3 is 19.1 Å². The molecule has 0 aliphatic carbocycles. The van der Waals surface area contributed by atoms with Gasteiger partial charge in [-0.2, -0.15) is 0 Å². The molecule has 148 valence electrons. The maximum Gasteiger partial charge on any atom is 0.290 e. The second kappa shape index (κ2) is 8.12. The van der Waals surface area contributed by atoms with Crippen LogP contribution in [-0.2, 0) is 14.3 Å². The van der Waals surface area contributed by atoms with E-state index >= 15 is 0 Å². The van der Waals surface area contributed by atoms with E-state index in [4.69, 9.17) is 19.4 Å². The molecular formula is C20H24N4O4. The van der Waals surface area contributed by atoms with E-state index in [-0.39, 0.29) is 12.1 Å². The zero-order chi connectivity index (χ0) is 19.4. The molecule has 28 heavy (non-hydrogen) atoms. The summed E-state index contributed by atoms with van der Waals surface area (Å²) >= 11 is 0. The molecule has 8 nitrogen and oxygen atoms in total. The lowest BCUT2D eigenvalue weighted by Gasteiger charge is -2.43. The fraction of sp³-hybridized carbons (Fsp3) is 0.450. The molecular weight excluding hydrogens is 360 g/mol. The molecule has 2 saturated heterocycles. The molecule has 3 aromatic heterocycles. The van der Waals surface area contributed by atoms with Crippen LogP contribution in [0.1, 0.15) is 31.7 Å². The third-order valence-electron chi connectivity index (χ3n) is 5.58. The number of ether oxygens (including phenoxy) is 2. The number of hydrogen-bond donors (Lipinski definition) is 1. The van der Waals surface area contributed by atoms with Gasteiger partial charge in [-0.05, 0) is 37.8 Å². The average molecular weight is 384 g/mol. The highest BCUT2D eigenvalue weighted by molar-refractivity contribution is 5.57. The maximum absolute atomic E-state index is 8.36. The molecule has 0 saturated carbocycles. The summed E-state index contributed by atoms with van der Waals surface area (Å²) < 4.78 is 16.2. The first-order chi connectivity index (χ1) is 13.8. The van der Waals surface area contributed by atoms with Gasteiger partial charge in [-0.15, -0.1) is 0 Å². The SMILES string of the molecule is O=CO.c1ccn2c(-c3nccn3C3CCOC4(CCOCC4)C3)cnc2c1. The molecule has 0 aromatic carbocycles. The van der Waals surface area contributed by atoms with Crippen molar-refractivity contribution in [1.82, 2.24) is 18.9 Å². The predicted octanol–water partition coefficient (Wildman–Crippen LogP) is 2.80. The number of imidazole rings is 2. The van der Waals surface area contributed by atoms with Crippen molar-refractivity contribution in [2.24, 2.45) is 0 Å². The molecule has 5 rings (SSSR count). The van der Waals surface area contributed by atoms with Crippen molar-refractivity contribution in [2.45, 2.75) is 37.3 Å². The second-order valence-corrected chi connectivity index (χ2v) is 7.13. The van der Waals surface area contributed by atoms with Gasteiger partial charge in [-0.3, -0.25) is 9.20 Å². The van der Waals surface area contributed by atoms with Crippen LogP contribution < -0.4 is 0 Å². The Bertz CT molecular complexity index is 924. The molecule has 0 amide bonds. The number of aromatic nitrogens is 4. The molecule has 3 aromatic rings. The van der Waals surface area contributed by atoms with Gasteiger partial charge >= 0.3 is 0 Å². The number of carboxylic acid groups (broad SMARTS) is 1. The molecule has 8 heteroatoms. The molecule has 1 unspecified atom stereocenters. The van der Waals surface area contributed by atoms with E-state index in [9.17, 15) is 0 Å². The largest absolute Gasteiger partial charge is 0.483 e. The summed E-state index contributed by atoms with van der Waals surface area (Å²) in [6.07, 6.45) is 12.0. The molecule has 1 N–H and O–H groups in total. The van der Waals surface area contributed by atoms with Crippen molar-refractivity contribution in [2.75, 3.05) is 19.8 Å². The van der Waals surface area contributed by atoms with Crippen molar-refractivity contribution in [3.63, 3.8) is 0 Å². The maximum atomic E-state index is 8.36. The highest BCUT2D eigenvalue weighted by Gasteiger charge is 2.40. The van der Waals surface area contributed by atoms with Crippen LogP contribution in [0.4, 0.5) is 0 Å². The number of carbonyl (C=O) groups is 1. The summed E-state index contributed by atoms with van der Waals surface area (Å²) in [4.78, 5) is 17.5. The lowest BCUT2D eigenvalue weighted by molar-refractivity contribution is -0.144. The van der Waals surface area contributed by atoms with Crippen LogP contribution in [0.2, 0.25) is 0 Å². The quantitative estimate of drug-likeness (QED) is 0.683. The van der Waals surface area contributed by atoms with Crippen LogP contribution in [0.25, 0.3) is 17.2 Å². The van der Waals surface area contributed by atoms with Gasteiger partial charge in [0, 0.05) is 44.5 Å². The Morgan fingerprint density at radius 2 is 2.00 bits per heavy atom. The van der Waals surface area contributed by atoms with Crippen LogP contribution in [0.3, 0.4) is 0 Å². The van der Waals surface area contributed by atoms with E-state index in [0.717, 1.165) is 62.7 Å². The smallest absolute Gasteiger partial charge is 0.290 e. The van der Waals surface area contributed by atoms with Crippen LogP contribution in [-0.4, -0.2) is 55.9 Å². The van der Waals surface area contributed by atoms with Crippen molar-refractivity contribution < 1.29 is 19.4 Å². The fourth-order valence-corrected chi connectivity index (χ4v) is 4.24. The van der Waals surface area contributed by atoms with E-state index in [1.54, 1.807) is 0 Å². The van der Waals surface area contributed by atoms with E-state index < -0.39 is 0 Å². The minimum atomic E-state index is -0.250. The Labute approximate surface area is 162 Å². The van der Waals surface area contributed by atoms with Gasteiger partial charge in [0.25, 0.3) is 6.47 Å². The Morgan fingerprint density at radius 3 is 2.82 bits per heavy atom. The average Bonchev–Trinajstić information content (AvgIpc) is 3.36. The van der Waals surface area contributed by atoms with Crippen LogP contribution in [0.5, 0.6) is 0 Å². The number of hydrogen-bond acceptors (Lipinski definition) is 5. The minimum absolute atomic E-state index is 0.0256. The Kier molecular flexibility index (Phi) is 5.40. The normalized spacial score (nSPS) is 21.2. The lowest BCUT2D eigenvalue weighted by Crippen LogP contribution is -2.44. The van der Waals surface area contributed by atoms with Crippen molar-refractivity contribution >= 4 is 12.1 Å². The summed E-state index contributed by atoms with van der Waals surface area (Å²) in [6.45, 7) is 2.16. The molecule has 2 aliphatic heterocycles. The van der Waals surface area contributed by atoms with E-state index in [0.29, 0.717) is 6.04 Å². The number of pyridine rings is 1. The van der Waals surface area contributed by atoms with Gasteiger partial charge in [0.15, 0.2) is 5.82 Å². The molecule has 2 aliphatic rings. The third-order valence-corrected chi connectivity index (χ3v) is 5.58. The summed E-state index contributed by atoms with van der Waals surface area (Å²) in [6, 6.07) is 6.45. The van der Waals surface area contributed by atoms with Gasteiger partial charge in [0.1, 0.15) is 11.3 Å².